The SMILES string of the molecule is CCCCc1c(C=O)nnn1-c1ccc(Cl)cc1C. The highest BCUT2D eigenvalue weighted by molar-refractivity contribution is 6.30. The fraction of sp³-hybridized carbons (Fsp3) is 0.357. The monoisotopic (exact) mass is 277 g/mol. The molecule has 19 heavy (non-hydrogen) atoms. The van der Waals surface area contributed by atoms with Crippen LogP contribution in [0.4, 0.5) is 0 Å². The van der Waals surface area contributed by atoms with Gasteiger partial charge < -0.3 is 0 Å². The number of unbranched alkanes of at least 4 members (excludes halogenated alkanes) is 1. The van der Waals surface area contributed by atoms with Crippen molar-refractivity contribution in [3.8, 4) is 5.69 Å². The molecule has 0 saturated carbocycles. The van der Waals surface area contributed by atoms with E-state index in [-0.39, 0.29) is 0 Å². The van der Waals surface area contributed by atoms with Crippen LogP contribution in [0, 0.1) is 6.92 Å². The number of carbonyl (C=O) groups excluding carboxylic acids is 1. The predicted molar refractivity (Wildman–Crippen MR) is 75.1 cm³/mol. The van der Waals surface area contributed by atoms with Crippen LogP contribution < -0.4 is 0 Å². The van der Waals surface area contributed by atoms with Crippen LogP contribution in [0.5, 0.6) is 0 Å². The van der Waals surface area contributed by atoms with Gasteiger partial charge in [0.05, 0.1) is 11.4 Å². The van der Waals surface area contributed by atoms with Gasteiger partial charge in [0.15, 0.2) is 6.29 Å². The van der Waals surface area contributed by atoms with Crippen molar-refractivity contribution in [3.63, 3.8) is 0 Å². The fourth-order valence-corrected chi connectivity index (χ4v) is 2.26. The molecule has 0 fully saturated rings. The van der Waals surface area contributed by atoms with E-state index in [9.17, 15) is 4.79 Å². The Bertz CT molecular complexity index is 592. The molecule has 0 atom stereocenters. The first kappa shape index (κ1) is 13.7. The lowest BCUT2D eigenvalue weighted by Crippen LogP contribution is -2.05. The van der Waals surface area contributed by atoms with Gasteiger partial charge in [-0.25, -0.2) is 4.68 Å². The third-order valence-electron chi connectivity index (χ3n) is 3.06. The number of hydrogen-bond donors (Lipinski definition) is 0. The minimum atomic E-state index is 0.419. The van der Waals surface area contributed by atoms with E-state index >= 15 is 0 Å². The van der Waals surface area contributed by atoms with Crippen molar-refractivity contribution in [2.45, 2.75) is 33.1 Å². The Balaban J connectivity index is 2.49. The molecular weight excluding hydrogens is 262 g/mol. The van der Waals surface area contributed by atoms with Crippen LogP contribution in [0.15, 0.2) is 18.2 Å². The number of aldehydes is 1. The number of nitrogens with zero attached hydrogens (tertiary/aromatic N) is 3. The van der Waals surface area contributed by atoms with E-state index < -0.39 is 0 Å². The van der Waals surface area contributed by atoms with Gasteiger partial charge in [-0.1, -0.05) is 30.2 Å². The lowest BCUT2D eigenvalue weighted by atomic mass is 10.1. The van der Waals surface area contributed by atoms with Gasteiger partial charge in [-0.3, -0.25) is 4.79 Å². The van der Waals surface area contributed by atoms with Crippen molar-refractivity contribution >= 4 is 17.9 Å². The average Bonchev–Trinajstić information content (AvgIpc) is 2.79. The number of hydrogen-bond acceptors (Lipinski definition) is 3. The Labute approximate surface area is 117 Å². The molecule has 4 nitrogen and oxygen atoms in total. The zero-order valence-electron chi connectivity index (χ0n) is 11.1. The Morgan fingerprint density at radius 2 is 2.21 bits per heavy atom. The van der Waals surface area contributed by atoms with Crippen LogP contribution in [-0.4, -0.2) is 21.3 Å². The third-order valence-corrected chi connectivity index (χ3v) is 3.29. The second-order valence-corrected chi connectivity index (χ2v) is 4.92. The number of halogens is 1. The molecule has 0 aliphatic carbocycles. The number of aryl methyl sites for hydroxylation is 1. The number of carbonyl (C=O) groups is 1. The molecule has 0 bridgehead atoms. The molecule has 0 spiro atoms. The van der Waals surface area contributed by atoms with Crippen LogP contribution in [0.25, 0.3) is 5.69 Å². The first-order valence-corrected chi connectivity index (χ1v) is 6.71. The Morgan fingerprint density at radius 3 is 2.84 bits per heavy atom. The zero-order valence-corrected chi connectivity index (χ0v) is 11.8. The Kier molecular flexibility index (Phi) is 4.32. The molecule has 1 aromatic heterocycles. The van der Waals surface area contributed by atoms with E-state index in [0.29, 0.717) is 10.7 Å². The maximum atomic E-state index is 11.0. The molecule has 2 rings (SSSR count). The summed E-state index contributed by atoms with van der Waals surface area (Å²) in [5.74, 6) is 0. The van der Waals surface area contributed by atoms with Gasteiger partial charge in [0, 0.05) is 5.02 Å². The summed E-state index contributed by atoms with van der Waals surface area (Å²) in [6, 6.07) is 5.59. The maximum absolute atomic E-state index is 11.0. The number of rotatable bonds is 5. The van der Waals surface area contributed by atoms with Crippen LogP contribution in [0.1, 0.15) is 41.5 Å². The average molecular weight is 278 g/mol. The summed E-state index contributed by atoms with van der Waals surface area (Å²) in [6.45, 7) is 4.08. The van der Waals surface area contributed by atoms with E-state index in [2.05, 4.69) is 17.2 Å². The summed E-state index contributed by atoms with van der Waals surface area (Å²) < 4.78 is 1.74. The molecule has 1 aromatic carbocycles. The van der Waals surface area contributed by atoms with Crippen molar-refractivity contribution in [2.24, 2.45) is 0 Å². The summed E-state index contributed by atoms with van der Waals surface area (Å²) in [7, 11) is 0. The molecular formula is C14H16ClN3O. The molecule has 100 valence electrons. The van der Waals surface area contributed by atoms with Crippen molar-refractivity contribution in [1.29, 1.82) is 0 Å². The summed E-state index contributed by atoms with van der Waals surface area (Å²) in [5.41, 5.74) is 3.20. The first-order chi connectivity index (χ1) is 9.17. The van der Waals surface area contributed by atoms with Gasteiger partial charge in [-0.2, -0.15) is 0 Å². The smallest absolute Gasteiger partial charge is 0.172 e. The van der Waals surface area contributed by atoms with Gasteiger partial charge in [0.1, 0.15) is 5.69 Å². The largest absolute Gasteiger partial charge is 0.296 e. The lowest BCUT2D eigenvalue weighted by molar-refractivity contribution is 0.111. The zero-order chi connectivity index (χ0) is 13.8. The maximum Gasteiger partial charge on any atom is 0.172 e. The second-order valence-electron chi connectivity index (χ2n) is 4.49. The van der Waals surface area contributed by atoms with Gasteiger partial charge >= 0.3 is 0 Å². The molecule has 0 aliphatic heterocycles. The standard InChI is InChI=1S/C14H16ClN3O/c1-3-4-5-14-12(9-19)16-17-18(14)13-7-6-11(15)8-10(13)2/h6-9H,3-5H2,1-2H3. The van der Waals surface area contributed by atoms with Gasteiger partial charge in [0.25, 0.3) is 0 Å². The molecule has 0 aliphatic rings. The summed E-state index contributed by atoms with van der Waals surface area (Å²) in [4.78, 5) is 11.0. The van der Waals surface area contributed by atoms with E-state index in [4.69, 9.17) is 11.6 Å². The lowest BCUT2D eigenvalue weighted by Gasteiger charge is -2.09. The first-order valence-electron chi connectivity index (χ1n) is 6.33. The Hall–Kier alpha value is -1.68. The van der Waals surface area contributed by atoms with Crippen LogP contribution in [0.2, 0.25) is 5.02 Å². The minimum Gasteiger partial charge on any atom is -0.296 e. The van der Waals surface area contributed by atoms with Crippen LogP contribution in [0.3, 0.4) is 0 Å². The molecule has 0 radical (unpaired) electrons. The van der Waals surface area contributed by atoms with Gasteiger partial charge in [0.2, 0.25) is 0 Å². The summed E-state index contributed by atoms with van der Waals surface area (Å²) in [6.07, 6.45) is 3.61. The second kappa shape index (κ2) is 5.97. The van der Waals surface area contributed by atoms with Crippen molar-refractivity contribution in [3.05, 3.63) is 40.2 Å². The normalized spacial score (nSPS) is 10.7. The minimum absolute atomic E-state index is 0.419. The third kappa shape index (κ3) is 2.84. The summed E-state index contributed by atoms with van der Waals surface area (Å²) in [5, 5.41) is 8.72. The molecule has 0 amide bonds. The molecule has 0 unspecified atom stereocenters. The molecule has 1 heterocycles. The molecule has 0 saturated heterocycles. The van der Waals surface area contributed by atoms with Crippen LogP contribution >= 0.6 is 11.6 Å². The molecule has 5 heteroatoms. The highest BCUT2D eigenvalue weighted by Crippen LogP contribution is 2.21. The van der Waals surface area contributed by atoms with Crippen molar-refractivity contribution in [2.75, 3.05) is 0 Å². The van der Waals surface area contributed by atoms with Crippen LogP contribution in [-0.2, 0) is 6.42 Å². The number of benzene rings is 1. The summed E-state index contributed by atoms with van der Waals surface area (Å²) >= 11 is 5.96. The topological polar surface area (TPSA) is 47.8 Å². The van der Waals surface area contributed by atoms with Gasteiger partial charge in [-0.15, -0.1) is 5.10 Å². The highest BCUT2D eigenvalue weighted by Gasteiger charge is 2.14. The Morgan fingerprint density at radius 1 is 1.42 bits per heavy atom. The van der Waals surface area contributed by atoms with E-state index in [1.807, 2.05) is 25.1 Å². The van der Waals surface area contributed by atoms with E-state index in [0.717, 1.165) is 42.5 Å². The van der Waals surface area contributed by atoms with E-state index in [1.54, 1.807) is 4.68 Å². The van der Waals surface area contributed by atoms with Crippen molar-refractivity contribution < 1.29 is 4.79 Å². The fourth-order valence-electron chi connectivity index (χ4n) is 2.03. The molecule has 0 N–H and O–H groups in total. The predicted octanol–water partition coefficient (Wildman–Crippen LogP) is 3.38. The highest BCUT2D eigenvalue weighted by atomic mass is 35.5. The van der Waals surface area contributed by atoms with Gasteiger partial charge in [-0.05, 0) is 43.5 Å². The molecule has 2 aromatic rings. The number of aromatic nitrogens is 3. The quantitative estimate of drug-likeness (QED) is 0.787. The van der Waals surface area contributed by atoms with Crippen molar-refractivity contribution in [1.82, 2.24) is 15.0 Å². The van der Waals surface area contributed by atoms with E-state index in [1.165, 1.54) is 0 Å².